The second-order valence-electron chi connectivity index (χ2n) is 9.44. The van der Waals surface area contributed by atoms with Crippen LogP contribution in [-0.4, -0.2) is 48.9 Å². The third-order valence-corrected chi connectivity index (χ3v) is 8.05. The van der Waals surface area contributed by atoms with Crippen molar-refractivity contribution in [3.63, 3.8) is 0 Å². The highest BCUT2D eigenvalue weighted by Gasteiger charge is 2.34. The molecule has 0 aromatic heterocycles. The normalized spacial score (nSPS) is 17.2. The summed E-state index contributed by atoms with van der Waals surface area (Å²) in [5.41, 5.74) is 1.38. The van der Waals surface area contributed by atoms with Crippen LogP contribution in [0.2, 0.25) is 5.02 Å². The summed E-state index contributed by atoms with van der Waals surface area (Å²) in [6, 6.07) is 9.58. The van der Waals surface area contributed by atoms with E-state index >= 15 is 0 Å². The molecule has 37 heavy (non-hydrogen) atoms. The van der Waals surface area contributed by atoms with E-state index in [9.17, 15) is 26.4 Å². The SMILES string of the molecule is CCCCN(Cc1ccc(C(F)(F)F)cc1)Cc1ccc(NC(=O)[C@H]2CCCCN2S(C)(=O)=O)cc1Cl. The molecule has 1 N–H and O–H groups in total. The minimum absolute atomic E-state index is 0.323. The van der Waals surface area contributed by atoms with E-state index in [0.717, 1.165) is 61.7 Å². The summed E-state index contributed by atoms with van der Waals surface area (Å²) < 4.78 is 64.1. The van der Waals surface area contributed by atoms with Gasteiger partial charge < -0.3 is 5.32 Å². The number of unbranched alkanes of at least 4 members (excludes halogenated alkanes) is 1. The van der Waals surface area contributed by atoms with Crippen LogP contribution in [0.15, 0.2) is 42.5 Å². The molecule has 204 valence electrons. The molecule has 1 atom stereocenters. The van der Waals surface area contributed by atoms with Crippen molar-refractivity contribution in [1.29, 1.82) is 0 Å². The average molecular weight is 560 g/mol. The molecule has 1 aliphatic rings. The highest BCUT2D eigenvalue weighted by Crippen LogP contribution is 2.30. The molecular formula is C26H33ClF3N3O3S. The molecule has 0 saturated carbocycles. The average Bonchev–Trinajstić information content (AvgIpc) is 2.83. The Morgan fingerprint density at radius 3 is 2.43 bits per heavy atom. The largest absolute Gasteiger partial charge is 0.416 e. The van der Waals surface area contributed by atoms with Crippen LogP contribution in [-0.2, 0) is 34.1 Å². The van der Waals surface area contributed by atoms with Crippen LogP contribution in [0.25, 0.3) is 0 Å². The second-order valence-corrected chi connectivity index (χ2v) is 11.8. The molecule has 1 fully saturated rings. The minimum Gasteiger partial charge on any atom is -0.325 e. The lowest BCUT2D eigenvalue weighted by molar-refractivity contribution is -0.137. The number of hydrogen-bond acceptors (Lipinski definition) is 4. The molecule has 1 saturated heterocycles. The van der Waals surface area contributed by atoms with E-state index in [4.69, 9.17) is 11.6 Å². The van der Waals surface area contributed by atoms with Gasteiger partial charge in [0, 0.05) is 30.3 Å². The number of piperidine rings is 1. The first-order valence-electron chi connectivity index (χ1n) is 12.3. The van der Waals surface area contributed by atoms with Gasteiger partial charge in [0.2, 0.25) is 15.9 Å². The first kappa shape index (κ1) is 29.4. The van der Waals surface area contributed by atoms with Gasteiger partial charge in [0.15, 0.2) is 0 Å². The number of carbonyl (C=O) groups excluding carboxylic acids is 1. The van der Waals surface area contributed by atoms with Gasteiger partial charge >= 0.3 is 6.18 Å². The van der Waals surface area contributed by atoms with Crippen molar-refractivity contribution in [2.24, 2.45) is 0 Å². The summed E-state index contributed by atoms with van der Waals surface area (Å²) in [5, 5.41) is 3.23. The highest BCUT2D eigenvalue weighted by atomic mass is 35.5. The van der Waals surface area contributed by atoms with Crippen LogP contribution in [0.5, 0.6) is 0 Å². The molecule has 1 amide bonds. The van der Waals surface area contributed by atoms with E-state index in [-0.39, 0.29) is 5.91 Å². The number of carbonyl (C=O) groups is 1. The van der Waals surface area contributed by atoms with E-state index in [1.165, 1.54) is 16.4 Å². The van der Waals surface area contributed by atoms with Crippen LogP contribution in [0.3, 0.4) is 0 Å². The molecule has 0 bridgehead atoms. The lowest BCUT2D eigenvalue weighted by Gasteiger charge is -2.32. The van der Waals surface area contributed by atoms with Crippen molar-refractivity contribution in [1.82, 2.24) is 9.21 Å². The van der Waals surface area contributed by atoms with E-state index < -0.39 is 27.8 Å². The molecule has 2 aromatic carbocycles. The fourth-order valence-corrected chi connectivity index (χ4v) is 5.80. The molecular weight excluding hydrogens is 527 g/mol. The van der Waals surface area contributed by atoms with Crippen molar-refractivity contribution in [2.75, 3.05) is 24.7 Å². The summed E-state index contributed by atoms with van der Waals surface area (Å²) >= 11 is 6.54. The Morgan fingerprint density at radius 1 is 1.14 bits per heavy atom. The number of nitrogens with zero attached hydrogens (tertiary/aromatic N) is 2. The van der Waals surface area contributed by atoms with Gasteiger partial charge in [-0.1, -0.05) is 49.6 Å². The van der Waals surface area contributed by atoms with Gasteiger partial charge in [0.1, 0.15) is 6.04 Å². The second kappa shape index (κ2) is 12.6. The highest BCUT2D eigenvalue weighted by molar-refractivity contribution is 7.88. The van der Waals surface area contributed by atoms with E-state index in [2.05, 4.69) is 17.1 Å². The van der Waals surface area contributed by atoms with Gasteiger partial charge in [-0.3, -0.25) is 9.69 Å². The molecule has 11 heteroatoms. The van der Waals surface area contributed by atoms with Gasteiger partial charge in [-0.25, -0.2) is 8.42 Å². The lowest BCUT2D eigenvalue weighted by Crippen LogP contribution is -2.49. The zero-order chi connectivity index (χ0) is 27.2. The number of rotatable bonds is 10. The Hall–Kier alpha value is -2.14. The minimum atomic E-state index is -4.37. The number of anilines is 1. The zero-order valence-corrected chi connectivity index (χ0v) is 22.6. The monoisotopic (exact) mass is 559 g/mol. The number of hydrogen-bond donors (Lipinski definition) is 1. The van der Waals surface area contributed by atoms with Crippen LogP contribution in [0.1, 0.15) is 55.7 Å². The molecule has 0 aliphatic carbocycles. The number of halogens is 4. The molecule has 0 unspecified atom stereocenters. The first-order chi connectivity index (χ1) is 17.4. The molecule has 1 aliphatic heterocycles. The number of amides is 1. The smallest absolute Gasteiger partial charge is 0.325 e. The Balaban J connectivity index is 1.69. The maximum absolute atomic E-state index is 12.9. The zero-order valence-electron chi connectivity index (χ0n) is 21.0. The third-order valence-electron chi connectivity index (χ3n) is 6.41. The standard InChI is InChI=1S/C26H33ClF3N3O3S/c1-3-4-14-32(17-19-8-11-21(12-9-19)26(28,29)30)18-20-10-13-22(16-23(20)27)31-25(34)24-7-5-6-15-33(24)37(2,35)36/h8-13,16,24H,3-7,14-15,17-18H2,1-2H3,(H,31,34)/t24-/m1/s1. The molecule has 3 rings (SSSR count). The number of nitrogens with one attached hydrogen (secondary N) is 1. The molecule has 0 spiro atoms. The Labute approximate surface area is 221 Å². The lowest BCUT2D eigenvalue weighted by atomic mass is 10.0. The summed E-state index contributed by atoms with van der Waals surface area (Å²) in [4.78, 5) is 15.0. The maximum Gasteiger partial charge on any atom is 0.416 e. The van der Waals surface area contributed by atoms with E-state index in [1.807, 2.05) is 0 Å². The summed E-state index contributed by atoms with van der Waals surface area (Å²) in [6.07, 6.45) is 0.582. The first-order valence-corrected chi connectivity index (χ1v) is 14.6. The maximum atomic E-state index is 12.9. The Bertz CT molecular complexity index is 1170. The van der Waals surface area contributed by atoms with Gasteiger partial charge in [0.05, 0.1) is 11.8 Å². The Morgan fingerprint density at radius 2 is 1.84 bits per heavy atom. The van der Waals surface area contributed by atoms with Crippen molar-refractivity contribution >= 4 is 33.2 Å². The predicted octanol–water partition coefficient (Wildman–Crippen LogP) is 5.91. The van der Waals surface area contributed by atoms with E-state index in [1.54, 1.807) is 18.2 Å². The van der Waals surface area contributed by atoms with Gasteiger partial charge in [-0.05, 0) is 61.2 Å². The van der Waals surface area contributed by atoms with E-state index in [0.29, 0.717) is 36.8 Å². The Kier molecular flexibility index (Phi) is 10.0. The van der Waals surface area contributed by atoms with Gasteiger partial charge in [0.25, 0.3) is 0 Å². The van der Waals surface area contributed by atoms with Crippen LogP contribution >= 0.6 is 11.6 Å². The van der Waals surface area contributed by atoms with Crippen LogP contribution in [0, 0.1) is 0 Å². The third kappa shape index (κ3) is 8.43. The summed E-state index contributed by atoms with van der Waals surface area (Å²) in [6.45, 7) is 4.09. The molecule has 6 nitrogen and oxygen atoms in total. The fourth-order valence-electron chi connectivity index (χ4n) is 4.44. The van der Waals surface area contributed by atoms with Crippen LogP contribution < -0.4 is 5.32 Å². The van der Waals surface area contributed by atoms with Gasteiger partial charge in [-0.15, -0.1) is 0 Å². The quantitative estimate of drug-likeness (QED) is 0.393. The fraction of sp³-hybridized carbons (Fsp3) is 0.500. The number of sulfonamides is 1. The molecule has 0 radical (unpaired) electrons. The van der Waals surface area contributed by atoms with Crippen LogP contribution in [0.4, 0.5) is 18.9 Å². The molecule has 2 aromatic rings. The predicted molar refractivity (Wildman–Crippen MR) is 140 cm³/mol. The topological polar surface area (TPSA) is 69.7 Å². The number of benzene rings is 2. The van der Waals surface area contributed by atoms with Crippen molar-refractivity contribution < 1.29 is 26.4 Å². The van der Waals surface area contributed by atoms with Gasteiger partial charge in [-0.2, -0.15) is 17.5 Å². The van der Waals surface area contributed by atoms with Crippen molar-refractivity contribution in [3.05, 3.63) is 64.2 Å². The number of alkyl halides is 3. The molecule has 1 heterocycles. The van der Waals surface area contributed by atoms with Crippen molar-refractivity contribution in [3.8, 4) is 0 Å². The summed E-state index contributed by atoms with van der Waals surface area (Å²) in [7, 11) is -3.50. The van der Waals surface area contributed by atoms with Crippen molar-refractivity contribution in [2.45, 2.75) is 64.3 Å². The summed E-state index contributed by atoms with van der Waals surface area (Å²) in [5.74, 6) is -0.388.